The van der Waals surface area contributed by atoms with Crippen LogP contribution in [0.15, 0.2) is 53.4 Å². The van der Waals surface area contributed by atoms with Crippen molar-refractivity contribution in [3.8, 4) is 0 Å². The minimum Gasteiger partial charge on any atom is -0.449 e. The highest BCUT2D eigenvalue weighted by Crippen LogP contribution is 2.26. The highest BCUT2D eigenvalue weighted by atomic mass is 32.2. The third kappa shape index (κ3) is 5.19. The fraction of sp³-hybridized carbons (Fsp3) is 0.333. The first-order chi connectivity index (χ1) is 13.1. The number of para-hydroxylation sites is 1. The van der Waals surface area contributed by atoms with E-state index < -0.39 is 27.8 Å². The molecule has 0 aliphatic carbocycles. The molecule has 7 heteroatoms. The van der Waals surface area contributed by atoms with Crippen LogP contribution in [0.2, 0.25) is 0 Å². The molecule has 28 heavy (non-hydrogen) atoms. The molecule has 2 aromatic rings. The van der Waals surface area contributed by atoms with Gasteiger partial charge in [0.2, 0.25) is 0 Å². The number of sulfone groups is 1. The topological polar surface area (TPSA) is 89.5 Å². The molecular weight excluding hydrogens is 378 g/mol. The van der Waals surface area contributed by atoms with E-state index in [4.69, 9.17) is 4.74 Å². The van der Waals surface area contributed by atoms with Crippen LogP contribution in [-0.4, -0.2) is 32.7 Å². The number of amides is 1. The quantitative estimate of drug-likeness (QED) is 0.711. The maximum atomic E-state index is 12.5. The monoisotopic (exact) mass is 403 g/mol. The van der Waals surface area contributed by atoms with Gasteiger partial charge in [0.15, 0.2) is 15.9 Å². The van der Waals surface area contributed by atoms with Crippen LogP contribution in [0.25, 0.3) is 0 Å². The van der Waals surface area contributed by atoms with E-state index in [1.54, 1.807) is 12.1 Å². The average molecular weight is 404 g/mol. The van der Waals surface area contributed by atoms with Gasteiger partial charge < -0.3 is 10.1 Å². The second-order valence-corrected chi connectivity index (χ2v) is 8.69. The predicted molar refractivity (Wildman–Crippen MR) is 108 cm³/mol. The Balaban J connectivity index is 2.15. The number of esters is 1. The number of hydrogen-bond donors (Lipinski definition) is 1. The van der Waals surface area contributed by atoms with E-state index in [9.17, 15) is 18.0 Å². The van der Waals surface area contributed by atoms with Crippen molar-refractivity contribution in [2.45, 2.75) is 44.1 Å². The Morgan fingerprint density at radius 1 is 1.04 bits per heavy atom. The Bertz CT molecular complexity index is 968. The summed E-state index contributed by atoms with van der Waals surface area (Å²) in [7, 11) is -3.60. The summed E-state index contributed by atoms with van der Waals surface area (Å²) in [5, 5.41) is 2.79. The largest absolute Gasteiger partial charge is 0.449 e. The minimum absolute atomic E-state index is 0.0929. The average Bonchev–Trinajstić information content (AvgIpc) is 2.67. The number of hydrogen-bond acceptors (Lipinski definition) is 5. The van der Waals surface area contributed by atoms with Crippen molar-refractivity contribution in [2.24, 2.45) is 0 Å². The lowest BCUT2D eigenvalue weighted by Gasteiger charge is -2.18. The van der Waals surface area contributed by atoms with Gasteiger partial charge in [-0.2, -0.15) is 0 Å². The van der Waals surface area contributed by atoms with Gasteiger partial charge in [0.1, 0.15) is 0 Å². The molecule has 0 aliphatic rings. The highest BCUT2D eigenvalue weighted by molar-refractivity contribution is 7.90. The Kier molecular flexibility index (Phi) is 6.96. The van der Waals surface area contributed by atoms with Crippen LogP contribution in [0.3, 0.4) is 0 Å². The summed E-state index contributed by atoms with van der Waals surface area (Å²) < 4.78 is 28.9. The number of ether oxygens (including phenoxy) is 1. The molecule has 0 aliphatic heterocycles. The van der Waals surface area contributed by atoms with E-state index in [1.165, 1.54) is 25.1 Å². The summed E-state index contributed by atoms with van der Waals surface area (Å²) in [5.41, 5.74) is 1.57. The van der Waals surface area contributed by atoms with Crippen molar-refractivity contribution in [3.05, 3.63) is 59.7 Å². The fourth-order valence-electron chi connectivity index (χ4n) is 2.73. The molecule has 0 saturated heterocycles. The second-order valence-electron chi connectivity index (χ2n) is 6.70. The van der Waals surface area contributed by atoms with Gasteiger partial charge in [0, 0.05) is 11.9 Å². The Hall–Kier alpha value is -2.67. The number of rotatable bonds is 7. The molecular formula is C21H25NO5S. The summed E-state index contributed by atoms with van der Waals surface area (Å²) in [6.45, 7) is 5.58. The van der Waals surface area contributed by atoms with Gasteiger partial charge in [0.25, 0.3) is 5.91 Å². The first-order valence-corrected chi connectivity index (χ1v) is 10.9. The summed E-state index contributed by atoms with van der Waals surface area (Å²) in [6.07, 6.45) is 0.839. The Morgan fingerprint density at radius 3 is 2.29 bits per heavy atom. The predicted octanol–water partition coefficient (Wildman–Crippen LogP) is 3.79. The lowest BCUT2D eigenvalue weighted by molar-refractivity contribution is -0.123. The lowest BCUT2D eigenvalue weighted by Crippen LogP contribution is -2.30. The van der Waals surface area contributed by atoms with Crippen LogP contribution >= 0.6 is 0 Å². The highest BCUT2D eigenvalue weighted by Gasteiger charge is 2.24. The molecule has 6 nitrogen and oxygen atoms in total. The maximum absolute atomic E-state index is 12.5. The van der Waals surface area contributed by atoms with Crippen LogP contribution in [0.5, 0.6) is 0 Å². The van der Waals surface area contributed by atoms with E-state index in [0.29, 0.717) is 5.69 Å². The number of anilines is 1. The standard InChI is InChI=1S/C21H25NO5S/c1-5-14(2)16-10-6-8-12-18(16)22-20(23)15(3)27-21(24)17-11-7-9-13-19(17)28(4,25)26/h6-15H,5H2,1-4H3,(H,22,23)/t14-,15-/m1/s1. The molecule has 0 saturated carbocycles. The number of benzene rings is 2. The third-order valence-corrected chi connectivity index (χ3v) is 5.68. The second kappa shape index (κ2) is 9.01. The molecule has 150 valence electrons. The number of carbonyl (C=O) groups is 2. The fourth-order valence-corrected chi connectivity index (χ4v) is 3.61. The van der Waals surface area contributed by atoms with Gasteiger partial charge in [-0.15, -0.1) is 0 Å². The molecule has 0 heterocycles. The zero-order valence-electron chi connectivity index (χ0n) is 16.4. The molecule has 1 amide bonds. The lowest BCUT2D eigenvalue weighted by atomic mass is 9.97. The van der Waals surface area contributed by atoms with Crippen LogP contribution < -0.4 is 5.32 Å². The molecule has 0 radical (unpaired) electrons. The molecule has 2 atom stereocenters. The smallest absolute Gasteiger partial charge is 0.340 e. The summed E-state index contributed by atoms with van der Waals surface area (Å²) in [4.78, 5) is 24.8. The van der Waals surface area contributed by atoms with Gasteiger partial charge in [-0.1, -0.05) is 44.2 Å². The van der Waals surface area contributed by atoms with Crippen molar-refractivity contribution >= 4 is 27.4 Å². The van der Waals surface area contributed by atoms with E-state index in [-0.39, 0.29) is 16.4 Å². The number of nitrogens with one attached hydrogen (secondary N) is 1. The van der Waals surface area contributed by atoms with E-state index in [2.05, 4.69) is 19.2 Å². The van der Waals surface area contributed by atoms with Crippen LogP contribution in [0.4, 0.5) is 5.69 Å². The van der Waals surface area contributed by atoms with Crippen LogP contribution in [0, 0.1) is 0 Å². The Morgan fingerprint density at radius 2 is 1.64 bits per heavy atom. The first kappa shape index (κ1) is 21.6. The first-order valence-electron chi connectivity index (χ1n) is 9.05. The van der Waals surface area contributed by atoms with Crippen molar-refractivity contribution in [1.82, 2.24) is 0 Å². The summed E-state index contributed by atoms with van der Waals surface area (Å²) in [5.74, 6) is -1.09. The number of carbonyl (C=O) groups excluding carboxylic acids is 2. The molecule has 0 bridgehead atoms. The molecule has 0 unspecified atom stereocenters. The third-order valence-electron chi connectivity index (χ3n) is 4.52. The van der Waals surface area contributed by atoms with Gasteiger partial charge in [-0.25, -0.2) is 13.2 Å². The van der Waals surface area contributed by atoms with Crippen molar-refractivity contribution < 1.29 is 22.7 Å². The molecule has 2 aromatic carbocycles. The van der Waals surface area contributed by atoms with Crippen molar-refractivity contribution in [3.63, 3.8) is 0 Å². The molecule has 0 spiro atoms. The van der Waals surface area contributed by atoms with E-state index in [0.717, 1.165) is 18.2 Å². The van der Waals surface area contributed by atoms with Gasteiger partial charge in [0.05, 0.1) is 10.5 Å². The van der Waals surface area contributed by atoms with E-state index >= 15 is 0 Å². The zero-order valence-corrected chi connectivity index (χ0v) is 17.2. The zero-order chi connectivity index (χ0) is 20.9. The minimum atomic E-state index is -3.60. The van der Waals surface area contributed by atoms with Gasteiger partial charge in [-0.05, 0) is 43.0 Å². The van der Waals surface area contributed by atoms with Crippen LogP contribution in [-0.2, 0) is 19.4 Å². The van der Waals surface area contributed by atoms with Gasteiger partial charge in [-0.3, -0.25) is 4.79 Å². The molecule has 0 fully saturated rings. The van der Waals surface area contributed by atoms with Crippen LogP contribution in [0.1, 0.15) is 49.0 Å². The van der Waals surface area contributed by atoms with E-state index in [1.807, 2.05) is 18.2 Å². The molecule has 2 rings (SSSR count). The Labute approximate surface area is 165 Å². The van der Waals surface area contributed by atoms with Gasteiger partial charge >= 0.3 is 5.97 Å². The molecule has 0 aromatic heterocycles. The van der Waals surface area contributed by atoms with Crippen molar-refractivity contribution in [2.75, 3.05) is 11.6 Å². The summed E-state index contributed by atoms with van der Waals surface area (Å²) in [6, 6.07) is 13.2. The normalized spacial score (nSPS) is 13.4. The SMILES string of the molecule is CC[C@@H](C)c1ccccc1NC(=O)[C@@H](C)OC(=O)c1ccccc1S(C)(=O)=O. The summed E-state index contributed by atoms with van der Waals surface area (Å²) >= 11 is 0. The molecule has 1 N–H and O–H groups in total. The maximum Gasteiger partial charge on any atom is 0.340 e. The van der Waals surface area contributed by atoms with Crippen molar-refractivity contribution in [1.29, 1.82) is 0 Å².